The summed E-state index contributed by atoms with van der Waals surface area (Å²) in [5, 5.41) is 7.53. The van der Waals surface area contributed by atoms with Gasteiger partial charge in [0.15, 0.2) is 6.61 Å². The van der Waals surface area contributed by atoms with Crippen molar-refractivity contribution in [2.45, 2.75) is 37.4 Å². The number of hydrogen-bond donors (Lipinski definition) is 1. The highest BCUT2D eigenvalue weighted by Crippen LogP contribution is 2.56. The highest BCUT2D eigenvalue weighted by atomic mass is 32.2. The fourth-order valence-corrected chi connectivity index (χ4v) is 4.89. The summed E-state index contributed by atoms with van der Waals surface area (Å²) < 4.78 is 35.0. The lowest BCUT2D eigenvalue weighted by Gasteiger charge is -2.53. The van der Waals surface area contributed by atoms with E-state index in [1.807, 2.05) is 0 Å². The first kappa shape index (κ1) is 15.5. The second kappa shape index (κ2) is 5.98. The first-order valence-electron chi connectivity index (χ1n) is 7.19. The lowest BCUT2D eigenvalue weighted by Crippen LogP contribution is -2.48. The molecule has 0 aromatic carbocycles. The molecule has 0 spiro atoms. The Morgan fingerprint density at radius 1 is 1.14 bits per heavy atom. The van der Waals surface area contributed by atoms with E-state index in [4.69, 9.17) is 9.99 Å². The quantitative estimate of drug-likeness (QED) is 0.350. The maximum Gasteiger partial charge on any atom is 0.354 e. The molecule has 120 valence electrons. The van der Waals surface area contributed by atoms with Crippen molar-refractivity contribution < 1.29 is 32.9 Å². The minimum atomic E-state index is -3.45. The van der Waals surface area contributed by atoms with Gasteiger partial charge in [0.1, 0.15) is 12.0 Å². The lowest BCUT2D eigenvalue weighted by molar-refractivity contribution is -0.433. The third kappa shape index (κ3) is 3.33. The third-order valence-electron chi connectivity index (χ3n) is 5.07. The summed E-state index contributed by atoms with van der Waals surface area (Å²) in [7, 11) is 0. The van der Waals surface area contributed by atoms with Crippen LogP contribution in [0.25, 0.3) is 0 Å². The minimum absolute atomic E-state index is 0.228. The molecule has 0 amide bonds. The van der Waals surface area contributed by atoms with Crippen LogP contribution in [0.1, 0.15) is 32.1 Å². The smallest absolute Gasteiger partial charge is 0.354 e. The summed E-state index contributed by atoms with van der Waals surface area (Å²) in [4.78, 5) is 12.2. The number of rotatable bonds is 6. The monoisotopic (exact) mass is 324 g/mol. The molecule has 0 aliphatic heterocycles. The van der Waals surface area contributed by atoms with Crippen molar-refractivity contribution in [1.82, 2.24) is 0 Å². The molecule has 0 saturated heterocycles. The molecule has 4 rings (SSSR count). The zero-order valence-electron chi connectivity index (χ0n) is 11.4. The van der Waals surface area contributed by atoms with E-state index in [0.717, 1.165) is 25.7 Å². The van der Waals surface area contributed by atoms with E-state index in [2.05, 4.69) is 9.37 Å². The molecule has 0 heterocycles. The summed E-state index contributed by atoms with van der Waals surface area (Å²) in [5.74, 6) is 1.27. The van der Waals surface area contributed by atoms with Crippen LogP contribution in [-0.4, -0.2) is 23.1 Å². The van der Waals surface area contributed by atoms with Crippen LogP contribution >= 0.6 is 12.0 Å². The summed E-state index contributed by atoms with van der Waals surface area (Å²) >= 11 is -0.387. The summed E-state index contributed by atoms with van der Waals surface area (Å²) in [6.07, 6.45) is 5.37. The average Bonchev–Trinajstić information content (AvgIpc) is 2.42. The van der Waals surface area contributed by atoms with Crippen molar-refractivity contribution >= 4 is 18.0 Å². The fraction of sp³-hybridized carbons (Fsp3) is 0.923. The van der Waals surface area contributed by atoms with Gasteiger partial charge in [0, 0.05) is 0 Å². The minimum Gasteiger partial charge on any atom is -0.458 e. The normalized spacial score (nSPS) is 37.8. The first-order chi connectivity index (χ1) is 9.98. The maximum atomic E-state index is 13.3. The van der Waals surface area contributed by atoms with E-state index in [1.54, 1.807) is 0 Å². The van der Waals surface area contributed by atoms with Crippen LogP contribution in [0.4, 0.5) is 8.78 Å². The number of halogens is 2. The molecule has 4 fully saturated rings. The van der Waals surface area contributed by atoms with Gasteiger partial charge in [-0.05, 0) is 55.8 Å². The molecule has 0 aromatic heterocycles. The number of esters is 1. The number of carbonyl (C=O) groups excluding carboxylic acids is 1. The SMILES string of the molecule is O=C(OCC(F)(F)SOOO)C1C2CC3CC(C2)CC1C3. The Morgan fingerprint density at radius 2 is 1.71 bits per heavy atom. The van der Waals surface area contributed by atoms with Gasteiger partial charge >= 0.3 is 11.2 Å². The molecule has 4 aliphatic carbocycles. The molecule has 0 atom stereocenters. The van der Waals surface area contributed by atoms with Crippen molar-refractivity contribution in [2.24, 2.45) is 29.6 Å². The van der Waals surface area contributed by atoms with E-state index in [-0.39, 0.29) is 18.0 Å². The summed E-state index contributed by atoms with van der Waals surface area (Å²) in [6, 6.07) is 0. The van der Waals surface area contributed by atoms with Gasteiger partial charge in [-0.2, -0.15) is 8.78 Å². The summed E-state index contributed by atoms with van der Waals surface area (Å²) in [5.41, 5.74) is 0. The van der Waals surface area contributed by atoms with Gasteiger partial charge in [0.25, 0.3) is 0 Å². The van der Waals surface area contributed by atoms with E-state index in [0.29, 0.717) is 23.7 Å². The van der Waals surface area contributed by atoms with Crippen LogP contribution in [0.2, 0.25) is 0 Å². The Morgan fingerprint density at radius 3 is 2.24 bits per heavy atom. The standard InChI is InChI=1S/C13H18F2O5S/c14-13(15,21-20-19-17)6-18-12(16)11-9-2-7-1-8(4-9)5-10(11)3-7/h7-11,17H,1-6H2. The van der Waals surface area contributed by atoms with Gasteiger partial charge in [-0.25, -0.2) is 5.26 Å². The van der Waals surface area contributed by atoms with E-state index >= 15 is 0 Å². The predicted molar refractivity (Wildman–Crippen MR) is 68.8 cm³/mol. The topological polar surface area (TPSA) is 65.0 Å². The molecule has 0 aromatic rings. The lowest BCUT2D eigenvalue weighted by atomic mass is 9.52. The molecule has 0 unspecified atom stereocenters. The number of carbonyl (C=O) groups is 1. The largest absolute Gasteiger partial charge is 0.458 e. The number of alkyl halides is 2. The van der Waals surface area contributed by atoms with Gasteiger partial charge in [-0.15, -0.1) is 4.33 Å². The zero-order chi connectivity index (χ0) is 15.0. The molecule has 0 radical (unpaired) electrons. The first-order valence-corrected chi connectivity index (χ1v) is 7.93. The maximum absolute atomic E-state index is 13.3. The van der Waals surface area contributed by atoms with Crippen LogP contribution < -0.4 is 0 Å². The molecular weight excluding hydrogens is 306 g/mol. The highest BCUT2D eigenvalue weighted by molar-refractivity contribution is 7.95. The van der Waals surface area contributed by atoms with Crippen LogP contribution in [0.5, 0.6) is 0 Å². The van der Waals surface area contributed by atoms with Crippen LogP contribution in [-0.2, 0) is 18.9 Å². The third-order valence-corrected chi connectivity index (χ3v) is 5.56. The fourth-order valence-electron chi connectivity index (χ4n) is 4.65. The Kier molecular flexibility index (Phi) is 4.40. The van der Waals surface area contributed by atoms with Gasteiger partial charge < -0.3 is 4.74 Å². The number of hydrogen-bond acceptors (Lipinski definition) is 6. The van der Waals surface area contributed by atoms with Crippen LogP contribution in [0, 0.1) is 29.6 Å². The second-order valence-corrected chi connectivity index (χ2v) is 7.33. The zero-order valence-corrected chi connectivity index (χ0v) is 12.2. The van der Waals surface area contributed by atoms with Crippen molar-refractivity contribution in [3.8, 4) is 0 Å². The molecular formula is C13H18F2O5S. The van der Waals surface area contributed by atoms with Crippen LogP contribution in [0.15, 0.2) is 0 Å². The van der Waals surface area contributed by atoms with Crippen molar-refractivity contribution in [1.29, 1.82) is 0 Å². The molecule has 8 heteroatoms. The highest BCUT2D eigenvalue weighted by Gasteiger charge is 2.51. The Bertz CT molecular complexity index is 378. The van der Waals surface area contributed by atoms with Crippen molar-refractivity contribution in [3.63, 3.8) is 0 Å². The molecule has 4 bridgehead atoms. The van der Waals surface area contributed by atoms with E-state index < -0.39 is 17.8 Å². The van der Waals surface area contributed by atoms with Crippen molar-refractivity contribution in [2.75, 3.05) is 6.61 Å². The van der Waals surface area contributed by atoms with Gasteiger partial charge in [-0.1, -0.05) is 5.04 Å². The van der Waals surface area contributed by atoms with Crippen LogP contribution in [0.3, 0.4) is 0 Å². The number of ether oxygens (including phenoxy) is 1. The van der Waals surface area contributed by atoms with Gasteiger partial charge in [0.2, 0.25) is 0 Å². The van der Waals surface area contributed by atoms with Gasteiger partial charge in [0.05, 0.1) is 5.92 Å². The second-order valence-electron chi connectivity index (χ2n) is 6.43. The molecule has 21 heavy (non-hydrogen) atoms. The molecule has 4 aliphatic rings. The Hall–Kier alpha value is -0.440. The Balaban J connectivity index is 1.54. The summed E-state index contributed by atoms with van der Waals surface area (Å²) in [6.45, 7) is -1.08. The molecule has 1 N–H and O–H groups in total. The average molecular weight is 324 g/mol. The molecule has 5 nitrogen and oxygen atoms in total. The van der Waals surface area contributed by atoms with Gasteiger partial charge in [-0.3, -0.25) is 4.79 Å². The van der Waals surface area contributed by atoms with E-state index in [1.165, 1.54) is 6.42 Å². The van der Waals surface area contributed by atoms with E-state index in [9.17, 15) is 13.6 Å². The Labute approximate surface area is 125 Å². The predicted octanol–water partition coefficient (Wildman–Crippen LogP) is 3.26. The molecule has 4 saturated carbocycles. The van der Waals surface area contributed by atoms with Crippen molar-refractivity contribution in [3.05, 3.63) is 0 Å².